The molecule has 4 rings (SSSR count). The summed E-state index contributed by atoms with van der Waals surface area (Å²) in [6, 6.07) is 17.5. The average Bonchev–Trinajstić information content (AvgIpc) is 3.15. The van der Waals surface area contributed by atoms with Crippen molar-refractivity contribution in [1.82, 2.24) is 9.88 Å². The number of anilines is 1. The van der Waals surface area contributed by atoms with Gasteiger partial charge in [0.15, 0.2) is 0 Å². The lowest BCUT2D eigenvalue weighted by molar-refractivity contribution is -0.123. The van der Waals surface area contributed by atoms with Crippen LogP contribution in [0.25, 0.3) is 11.5 Å². The summed E-state index contributed by atoms with van der Waals surface area (Å²) in [7, 11) is 0. The number of nitrogens with zero attached hydrogens (tertiary/aromatic N) is 2. The summed E-state index contributed by atoms with van der Waals surface area (Å²) in [6.07, 6.45) is 1.74. The van der Waals surface area contributed by atoms with Crippen LogP contribution in [0.3, 0.4) is 0 Å². The fraction of sp³-hybridized carbons (Fsp3) is 0.320. The molecule has 0 aliphatic carbocycles. The van der Waals surface area contributed by atoms with E-state index in [1.54, 1.807) is 0 Å². The summed E-state index contributed by atoms with van der Waals surface area (Å²) in [6.45, 7) is 4.29. The second kappa shape index (κ2) is 9.78. The van der Waals surface area contributed by atoms with Crippen LogP contribution in [0.2, 0.25) is 0 Å². The number of carbonyl (C=O) groups is 2. The van der Waals surface area contributed by atoms with Crippen LogP contribution in [0.1, 0.15) is 29.9 Å². The molecule has 3 aromatic rings. The quantitative estimate of drug-likeness (QED) is 0.595. The van der Waals surface area contributed by atoms with E-state index >= 15 is 0 Å². The monoisotopic (exact) mass is 432 g/mol. The number of likely N-dealkylation sites (tertiary alicyclic amines) is 1. The Morgan fingerprint density at radius 1 is 1.12 bits per heavy atom. The van der Waals surface area contributed by atoms with Crippen LogP contribution < -0.4 is 11.1 Å². The van der Waals surface area contributed by atoms with Gasteiger partial charge in [-0.1, -0.05) is 30.3 Å². The number of rotatable bonds is 7. The number of hydrogen-bond donors (Lipinski definition) is 2. The SMILES string of the molecule is Cc1oc(-c2ccccc2)nc1CC(=O)Nc1cccc(CN2CCC(C(N)=O)CC2)c1. The number of amides is 2. The molecule has 0 atom stereocenters. The molecule has 1 aromatic heterocycles. The van der Waals surface area contributed by atoms with Crippen LogP contribution in [0, 0.1) is 12.8 Å². The van der Waals surface area contributed by atoms with Gasteiger partial charge in [0, 0.05) is 23.7 Å². The summed E-state index contributed by atoms with van der Waals surface area (Å²) in [5.41, 5.74) is 8.81. The topological polar surface area (TPSA) is 101 Å². The number of nitrogens with two attached hydrogens (primary N) is 1. The lowest BCUT2D eigenvalue weighted by Gasteiger charge is -2.30. The van der Waals surface area contributed by atoms with Crippen molar-refractivity contribution in [2.24, 2.45) is 11.7 Å². The molecule has 1 aliphatic heterocycles. The summed E-state index contributed by atoms with van der Waals surface area (Å²) in [5, 5.41) is 2.97. The highest BCUT2D eigenvalue weighted by molar-refractivity contribution is 5.92. The molecule has 32 heavy (non-hydrogen) atoms. The molecule has 3 N–H and O–H groups in total. The molecule has 7 nitrogen and oxygen atoms in total. The Hall–Kier alpha value is -3.45. The first kappa shape index (κ1) is 21.8. The van der Waals surface area contributed by atoms with Crippen LogP contribution in [0.4, 0.5) is 5.69 Å². The van der Waals surface area contributed by atoms with Crippen molar-refractivity contribution in [3.63, 3.8) is 0 Å². The van der Waals surface area contributed by atoms with E-state index in [4.69, 9.17) is 10.2 Å². The minimum Gasteiger partial charge on any atom is -0.441 e. The van der Waals surface area contributed by atoms with Crippen LogP contribution >= 0.6 is 0 Å². The van der Waals surface area contributed by atoms with E-state index < -0.39 is 0 Å². The third kappa shape index (κ3) is 5.42. The molecule has 0 saturated carbocycles. The van der Waals surface area contributed by atoms with Crippen LogP contribution in [-0.4, -0.2) is 34.8 Å². The Balaban J connectivity index is 1.34. The van der Waals surface area contributed by atoms with E-state index in [1.165, 1.54) is 0 Å². The summed E-state index contributed by atoms with van der Waals surface area (Å²) >= 11 is 0. The van der Waals surface area contributed by atoms with Gasteiger partial charge in [-0.2, -0.15) is 0 Å². The van der Waals surface area contributed by atoms with Gasteiger partial charge in [-0.05, 0) is 62.7 Å². The van der Waals surface area contributed by atoms with Crippen LogP contribution in [-0.2, 0) is 22.6 Å². The van der Waals surface area contributed by atoms with Crippen molar-refractivity contribution in [1.29, 1.82) is 0 Å². The molecule has 166 valence electrons. The second-order valence-electron chi connectivity index (χ2n) is 8.27. The Morgan fingerprint density at radius 3 is 2.59 bits per heavy atom. The van der Waals surface area contributed by atoms with Crippen molar-refractivity contribution >= 4 is 17.5 Å². The zero-order valence-electron chi connectivity index (χ0n) is 18.2. The van der Waals surface area contributed by atoms with Crippen molar-refractivity contribution in [3.05, 3.63) is 71.6 Å². The largest absolute Gasteiger partial charge is 0.441 e. The van der Waals surface area contributed by atoms with Crippen molar-refractivity contribution in [2.75, 3.05) is 18.4 Å². The Morgan fingerprint density at radius 2 is 1.88 bits per heavy atom. The van der Waals surface area contributed by atoms with Crippen LogP contribution in [0.15, 0.2) is 59.0 Å². The third-order valence-corrected chi connectivity index (χ3v) is 5.85. The first-order valence-corrected chi connectivity index (χ1v) is 10.9. The Labute approximate surface area is 187 Å². The molecule has 0 radical (unpaired) electrons. The van der Waals surface area contributed by atoms with E-state index in [-0.39, 0.29) is 24.2 Å². The number of carbonyl (C=O) groups excluding carboxylic acids is 2. The molecule has 1 fully saturated rings. The van der Waals surface area contributed by atoms with Gasteiger partial charge in [-0.3, -0.25) is 14.5 Å². The molecule has 2 heterocycles. The van der Waals surface area contributed by atoms with E-state index in [0.29, 0.717) is 17.3 Å². The number of aromatic nitrogens is 1. The molecule has 0 spiro atoms. The van der Waals surface area contributed by atoms with E-state index in [2.05, 4.69) is 15.2 Å². The average molecular weight is 433 g/mol. The molecule has 0 unspecified atom stereocenters. The molecule has 2 aromatic carbocycles. The van der Waals surface area contributed by atoms with E-state index in [1.807, 2.05) is 61.5 Å². The van der Waals surface area contributed by atoms with E-state index in [9.17, 15) is 9.59 Å². The fourth-order valence-corrected chi connectivity index (χ4v) is 4.03. The summed E-state index contributed by atoms with van der Waals surface area (Å²) in [5.74, 6) is 0.812. The zero-order chi connectivity index (χ0) is 22.5. The Kier molecular flexibility index (Phi) is 6.66. The maximum Gasteiger partial charge on any atom is 0.230 e. The molecular formula is C25H28N4O3. The normalized spacial score (nSPS) is 14.9. The first-order chi connectivity index (χ1) is 15.5. The minimum absolute atomic E-state index is 0.0146. The number of hydrogen-bond acceptors (Lipinski definition) is 5. The van der Waals surface area contributed by atoms with Crippen molar-refractivity contribution in [2.45, 2.75) is 32.7 Å². The zero-order valence-corrected chi connectivity index (χ0v) is 18.2. The smallest absolute Gasteiger partial charge is 0.230 e. The van der Waals surface area contributed by atoms with Gasteiger partial charge in [-0.15, -0.1) is 0 Å². The van der Waals surface area contributed by atoms with Gasteiger partial charge >= 0.3 is 0 Å². The number of primary amides is 1. The molecule has 2 amide bonds. The van der Waals surface area contributed by atoms with Crippen LogP contribution in [0.5, 0.6) is 0 Å². The highest BCUT2D eigenvalue weighted by Crippen LogP contribution is 2.23. The second-order valence-corrected chi connectivity index (χ2v) is 8.27. The lowest BCUT2D eigenvalue weighted by atomic mass is 9.96. The van der Waals surface area contributed by atoms with Gasteiger partial charge in [0.25, 0.3) is 0 Å². The molecule has 1 saturated heterocycles. The predicted molar refractivity (Wildman–Crippen MR) is 123 cm³/mol. The standard InChI is InChI=1S/C25H28N4O3/c1-17-22(28-25(32-17)20-7-3-2-4-8-20)15-23(30)27-21-9-5-6-18(14-21)16-29-12-10-19(11-13-29)24(26)31/h2-9,14,19H,10-13,15-16H2,1H3,(H2,26,31)(H,27,30). The Bertz CT molecular complexity index is 1090. The first-order valence-electron chi connectivity index (χ1n) is 10.9. The maximum absolute atomic E-state index is 12.6. The highest BCUT2D eigenvalue weighted by Gasteiger charge is 2.23. The van der Waals surface area contributed by atoms with Gasteiger partial charge in [-0.25, -0.2) is 4.98 Å². The van der Waals surface area contributed by atoms with Gasteiger partial charge in [0.1, 0.15) is 5.76 Å². The predicted octanol–water partition coefficient (Wildman–Crippen LogP) is 3.53. The molecule has 7 heteroatoms. The van der Waals surface area contributed by atoms with Crippen molar-refractivity contribution < 1.29 is 14.0 Å². The molecular weight excluding hydrogens is 404 g/mol. The molecule has 0 bridgehead atoms. The number of nitrogens with one attached hydrogen (secondary N) is 1. The fourth-order valence-electron chi connectivity index (χ4n) is 4.03. The van der Waals surface area contributed by atoms with Gasteiger partial charge < -0.3 is 15.5 Å². The molecule has 1 aliphatic rings. The number of oxazole rings is 1. The maximum atomic E-state index is 12.6. The van der Waals surface area contributed by atoms with Crippen molar-refractivity contribution in [3.8, 4) is 11.5 Å². The van der Waals surface area contributed by atoms with Gasteiger partial charge in [0.05, 0.1) is 12.1 Å². The number of aryl methyl sites for hydroxylation is 1. The van der Waals surface area contributed by atoms with E-state index in [0.717, 1.165) is 49.3 Å². The number of piperidine rings is 1. The van der Waals surface area contributed by atoms with Gasteiger partial charge in [0.2, 0.25) is 17.7 Å². The minimum atomic E-state index is -0.201. The highest BCUT2D eigenvalue weighted by atomic mass is 16.4. The summed E-state index contributed by atoms with van der Waals surface area (Å²) < 4.78 is 5.75. The third-order valence-electron chi connectivity index (χ3n) is 5.85. The number of benzene rings is 2. The lowest BCUT2D eigenvalue weighted by Crippen LogP contribution is -2.38. The summed E-state index contributed by atoms with van der Waals surface area (Å²) in [4.78, 5) is 30.8.